The number of alkyl halides is 3. The van der Waals surface area contributed by atoms with Crippen molar-refractivity contribution in [1.82, 2.24) is 0 Å². The van der Waals surface area contributed by atoms with E-state index in [-0.39, 0.29) is 22.0 Å². The number of benzene rings is 2. The van der Waals surface area contributed by atoms with Gasteiger partial charge in [0.2, 0.25) is 0 Å². The van der Waals surface area contributed by atoms with Gasteiger partial charge in [-0.15, -0.1) is 0 Å². The number of guanidine groups is 1. The molecule has 0 fully saturated rings. The Kier molecular flexibility index (Phi) is 6.21. The van der Waals surface area contributed by atoms with Crippen LogP contribution in [0.4, 0.5) is 13.2 Å². The predicted molar refractivity (Wildman–Crippen MR) is 101 cm³/mol. The highest BCUT2D eigenvalue weighted by atomic mass is 32.2. The van der Waals surface area contributed by atoms with Crippen LogP contribution in [-0.4, -0.2) is 26.5 Å². The summed E-state index contributed by atoms with van der Waals surface area (Å²) >= 11 is 0. The molecule has 2 aromatic rings. The second-order valence-corrected chi connectivity index (χ2v) is 8.03. The number of aryl methyl sites for hydroxylation is 1. The van der Waals surface area contributed by atoms with Crippen LogP contribution in [0, 0.1) is 0 Å². The standard InChI is InChI=1S/C18H18F3N3O4S/c1-3-10-8-14(28-12-6-4-11(5-7-12)18(19,20)21)15(29(2,26)27)9-13(10)16(25)24-17(22)23/h4-9H,3H2,1-2H3,(H4,22,23,24,25). The molecule has 4 N–H and O–H groups in total. The Morgan fingerprint density at radius 2 is 1.72 bits per heavy atom. The third-order valence-corrected chi connectivity index (χ3v) is 4.94. The smallest absolute Gasteiger partial charge is 0.416 e. The molecule has 0 saturated heterocycles. The quantitative estimate of drug-likeness (QED) is 0.556. The van der Waals surface area contributed by atoms with E-state index in [1.807, 2.05) is 0 Å². The minimum absolute atomic E-state index is 0.00625. The first-order valence-electron chi connectivity index (χ1n) is 8.19. The van der Waals surface area contributed by atoms with Crippen LogP contribution < -0.4 is 16.2 Å². The zero-order valence-corrected chi connectivity index (χ0v) is 16.3. The lowest BCUT2D eigenvalue weighted by Crippen LogP contribution is -2.24. The molecule has 0 spiro atoms. The van der Waals surface area contributed by atoms with Gasteiger partial charge in [-0.3, -0.25) is 4.79 Å². The van der Waals surface area contributed by atoms with Crippen molar-refractivity contribution >= 4 is 21.7 Å². The fraction of sp³-hybridized carbons (Fsp3) is 0.222. The molecule has 0 radical (unpaired) electrons. The molecule has 2 aromatic carbocycles. The van der Waals surface area contributed by atoms with Gasteiger partial charge in [0.15, 0.2) is 15.8 Å². The molecule has 7 nitrogen and oxygen atoms in total. The average molecular weight is 429 g/mol. The Morgan fingerprint density at radius 1 is 1.14 bits per heavy atom. The van der Waals surface area contributed by atoms with E-state index in [2.05, 4.69) is 4.99 Å². The van der Waals surface area contributed by atoms with Gasteiger partial charge in [0.05, 0.1) is 5.56 Å². The van der Waals surface area contributed by atoms with Crippen LogP contribution in [0.3, 0.4) is 0 Å². The summed E-state index contributed by atoms with van der Waals surface area (Å²) in [4.78, 5) is 15.3. The molecule has 0 unspecified atom stereocenters. The second-order valence-electron chi connectivity index (χ2n) is 6.05. The van der Waals surface area contributed by atoms with E-state index in [1.165, 1.54) is 6.07 Å². The Balaban J connectivity index is 2.56. The molecule has 0 saturated carbocycles. The van der Waals surface area contributed by atoms with Crippen LogP contribution in [0.1, 0.15) is 28.4 Å². The molecule has 2 rings (SSSR count). The number of amides is 1. The van der Waals surface area contributed by atoms with Crippen LogP contribution >= 0.6 is 0 Å². The number of rotatable bonds is 5. The maximum absolute atomic E-state index is 12.7. The largest absolute Gasteiger partial charge is 0.456 e. The van der Waals surface area contributed by atoms with Gasteiger partial charge in [-0.2, -0.15) is 18.2 Å². The molecule has 0 atom stereocenters. The molecular weight excluding hydrogens is 411 g/mol. The molecule has 1 amide bonds. The summed E-state index contributed by atoms with van der Waals surface area (Å²) < 4.78 is 68.0. The first kappa shape index (κ1) is 22.2. The monoisotopic (exact) mass is 429 g/mol. The van der Waals surface area contributed by atoms with E-state index < -0.39 is 33.4 Å². The third kappa shape index (κ3) is 5.47. The van der Waals surface area contributed by atoms with Crippen LogP contribution in [0.25, 0.3) is 0 Å². The average Bonchev–Trinajstić information content (AvgIpc) is 2.59. The predicted octanol–water partition coefficient (Wildman–Crippen LogP) is 2.88. The number of ether oxygens (including phenoxy) is 1. The molecular formula is C18H18F3N3O4S. The molecule has 29 heavy (non-hydrogen) atoms. The van der Waals surface area contributed by atoms with E-state index in [4.69, 9.17) is 16.2 Å². The highest BCUT2D eigenvalue weighted by Gasteiger charge is 2.30. The van der Waals surface area contributed by atoms with Crippen molar-refractivity contribution in [1.29, 1.82) is 0 Å². The fourth-order valence-corrected chi connectivity index (χ4v) is 3.28. The maximum atomic E-state index is 12.7. The summed E-state index contributed by atoms with van der Waals surface area (Å²) in [5.41, 5.74) is 9.91. The highest BCUT2D eigenvalue weighted by molar-refractivity contribution is 7.90. The minimum Gasteiger partial charge on any atom is -0.456 e. The fourth-order valence-electron chi connectivity index (χ4n) is 2.48. The van der Waals surface area contributed by atoms with Crippen LogP contribution in [0.2, 0.25) is 0 Å². The molecule has 11 heteroatoms. The Morgan fingerprint density at radius 3 is 2.17 bits per heavy atom. The molecule has 0 aliphatic heterocycles. The van der Waals surface area contributed by atoms with Crippen molar-refractivity contribution in [3.05, 3.63) is 53.1 Å². The topological polar surface area (TPSA) is 125 Å². The zero-order valence-electron chi connectivity index (χ0n) is 15.4. The van der Waals surface area contributed by atoms with E-state index in [1.54, 1.807) is 6.92 Å². The second kappa shape index (κ2) is 8.11. The number of nitrogens with zero attached hydrogens (tertiary/aromatic N) is 1. The number of carbonyl (C=O) groups is 1. The van der Waals surface area contributed by atoms with Crippen molar-refractivity contribution in [2.45, 2.75) is 24.4 Å². The van der Waals surface area contributed by atoms with Crippen LogP contribution in [-0.2, 0) is 22.4 Å². The lowest BCUT2D eigenvalue weighted by Gasteiger charge is -2.15. The van der Waals surface area contributed by atoms with Gasteiger partial charge in [0.1, 0.15) is 16.4 Å². The Labute approximate surface area is 165 Å². The summed E-state index contributed by atoms with van der Waals surface area (Å²) in [7, 11) is -3.86. The third-order valence-electron chi connectivity index (χ3n) is 3.82. The summed E-state index contributed by atoms with van der Waals surface area (Å²) in [5, 5.41) is 0. The number of carbonyl (C=O) groups excluding carboxylic acids is 1. The van der Waals surface area contributed by atoms with E-state index >= 15 is 0 Å². The number of hydrogen-bond donors (Lipinski definition) is 2. The molecule has 0 aromatic heterocycles. The van der Waals surface area contributed by atoms with Crippen molar-refractivity contribution in [2.24, 2.45) is 16.5 Å². The van der Waals surface area contributed by atoms with Gasteiger partial charge in [-0.05, 0) is 48.4 Å². The van der Waals surface area contributed by atoms with Crippen molar-refractivity contribution < 1.29 is 31.1 Å². The lowest BCUT2D eigenvalue weighted by atomic mass is 10.0. The van der Waals surface area contributed by atoms with Crippen molar-refractivity contribution in [3.8, 4) is 11.5 Å². The first-order valence-corrected chi connectivity index (χ1v) is 10.1. The van der Waals surface area contributed by atoms with Crippen LogP contribution in [0.5, 0.6) is 11.5 Å². The van der Waals surface area contributed by atoms with Crippen molar-refractivity contribution in [3.63, 3.8) is 0 Å². The van der Waals surface area contributed by atoms with Gasteiger partial charge in [-0.25, -0.2) is 8.42 Å². The van der Waals surface area contributed by atoms with Gasteiger partial charge in [-0.1, -0.05) is 6.92 Å². The van der Waals surface area contributed by atoms with Crippen LogP contribution in [0.15, 0.2) is 46.3 Å². The maximum Gasteiger partial charge on any atom is 0.416 e. The summed E-state index contributed by atoms with van der Waals surface area (Å²) in [5.74, 6) is -1.45. The number of nitrogens with two attached hydrogens (primary N) is 2. The summed E-state index contributed by atoms with van der Waals surface area (Å²) in [6, 6.07) is 6.17. The number of sulfone groups is 1. The molecule has 0 aliphatic rings. The van der Waals surface area contributed by atoms with E-state index in [0.29, 0.717) is 12.0 Å². The van der Waals surface area contributed by atoms with Crippen molar-refractivity contribution in [2.75, 3.05) is 6.26 Å². The Bertz CT molecular complexity index is 1060. The first-order chi connectivity index (χ1) is 13.3. The number of hydrogen-bond acceptors (Lipinski definition) is 4. The summed E-state index contributed by atoms with van der Waals surface area (Å²) in [6.07, 6.45) is -3.30. The van der Waals surface area contributed by atoms with Gasteiger partial charge in [0.25, 0.3) is 5.91 Å². The number of halogens is 3. The molecule has 0 heterocycles. The normalized spacial score (nSPS) is 11.8. The molecule has 156 valence electrons. The lowest BCUT2D eigenvalue weighted by molar-refractivity contribution is -0.137. The van der Waals surface area contributed by atoms with E-state index in [9.17, 15) is 26.4 Å². The number of aliphatic imine (C=N–C) groups is 1. The summed E-state index contributed by atoms with van der Waals surface area (Å²) in [6.45, 7) is 1.71. The zero-order chi connectivity index (χ0) is 22.0. The van der Waals surface area contributed by atoms with E-state index in [0.717, 1.165) is 36.6 Å². The van der Waals surface area contributed by atoms with Gasteiger partial charge >= 0.3 is 6.18 Å². The molecule has 0 bridgehead atoms. The minimum atomic E-state index is -4.51. The van der Waals surface area contributed by atoms with Gasteiger partial charge in [0, 0.05) is 11.8 Å². The highest BCUT2D eigenvalue weighted by Crippen LogP contribution is 2.35. The van der Waals surface area contributed by atoms with Gasteiger partial charge < -0.3 is 16.2 Å². The molecule has 0 aliphatic carbocycles. The Hall–Kier alpha value is -3.08. The SMILES string of the molecule is CCc1cc(Oc2ccc(C(F)(F)F)cc2)c(S(C)(=O)=O)cc1C(=O)N=C(N)N.